The second-order valence-corrected chi connectivity index (χ2v) is 7.36. The van der Waals surface area contributed by atoms with Gasteiger partial charge in [-0.25, -0.2) is 9.78 Å². The zero-order valence-corrected chi connectivity index (χ0v) is 16.0. The number of carbonyl (C=O) groups is 1. The van der Waals surface area contributed by atoms with Gasteiger partial charge in [0.2, 0.25) is 5.28 Å². The predicted octanol–water partition coefficient (Wildman–Crippen LogP) is 5.27. The van der Waals surface area contributed by atoms with Gasteiger partial charge in [0.25, 0.3) is 0 Å². The molecule has 0 atom stereocenters. The van der Waals surface area contributed by atoms with Crippen molar-refractivity contribution < 1.29 is 9.53 Å². The minimum Gasteiger partial charge on any atom is -0.459 e. The summed E-state index contributed by atoms with van der Waals surface area (Å²) in [5, 5.41) is 4.20. The standard InChI is InChI=1S/C18H18ClN3O2S/c1-9(2)24-17(23)14-11(4)13-15(21-18(19)22-16(13)25-14)20-12-7-5-6-10(3)8-12/h5-9H,1-4H3,(H,20,21,22). The number of hydrogen-bond donors (Lipinski definition) is 1. The van der Waals surface area contributed by atoms with Crippen LogP contribution < -0.4 is 5.32 Å². The molecule has 3 aromatic rings. The first-order chi connectivity index (χ1) is 11.8. The van der Waals surface area contributed by atoms with Gasteiger partial charge in [0.05, 0.1) is 11.5 Å². The predicted molar refractivity (Wildman–Crippen MR) is 102 cm³/mol. The summed E-state index contributed by atoms with van der Waals surface area (Å²) >= 11 is 7.34. The normalized spacial score (nSPS) is 11.1. The van der Waals surface area contributed by atoms with Gasteiger partial charge in [-0.05, 0) is 62.6 Å². The lowest BCUT2D eigenvalue weighted by atomic mass is 10.2. The van der Waals surface area contributed by atoms with Gasteiger partial charge in [0, 0.05) is 5.69 Å². The summed E-state index contributed by atoms with van der Waals surface area (Å²) in [5.41, 5.74) is 2.81. The molecule has 0 bridgehead atoms. The van der Waals surface area contributed by atoms with Gasteiger partial charge in [-0.3, -0.25) is 0 Å². The molecule has 3 rings (SSSR count). The first-order valence-corrected chi connectivity index (χ1v) is 9.06. The molecule has 0 fully saturated rings. The van der Waals surface area contributed by atoms with Gasteiger partial charge in [-0.1, -0.05) is 12.1 Å². The minimum absolute atomic E-state index is 0.132. The van der Waals surface area contributed by atoms with E-state index in [1.807, 2.05) is 52.0 Å². The van der Waals surface area contributed by atoms with E-state index in [1.54, 1.807) is 0 Å². The number of rotatable bonds is 4. The van der Waals surface area contributed by atoms with E-state index in [1.165, 1.54) is 11.3 Å². The number of aromatic nitrogens is 2. The smallest absolute Gasteiger partial charge is 0.348 e. The molecule has 1 N–H and O–H groups in total. The Labute approximate surface area is 155 Å². The minimum atomic E-state index is -0.354. The van der Waals surface area contributed by atoms with Crippen molar-refractivity contribution in [1.82, 2.24) is 9.97 Å². The number of hydrogen-bond acceptors (Lipinski definition) is 6. The number of halogens is 1. The van der Waals surface area contributed by atoms with Crippen molar-refractivity contribution in [2.75, 3.05) is 5.32 Å². The molecule has 0 radical (unpaired) electrons. The van der Waals surface area contributed by atoms with Gasteiger partial charge in [0.1, 0.15) is 15.5 Å². The van der Waals surface area contributed by atoms with Crippen LogP contribution in [0.4, 0.5) is 11.5 Å². The number of nitrogens with one attached hydrogen (secondary N) is 1. The molecule has 2 aromatic heterocycles. The molecule has 0 amide bonds. The topological polar surface area (TPSA) is 64.1 Å². The van der Waals surface area contributed by atoms with Crippen molar-refractivity contribution in [1.29, 1.82) is 0 Å². The molecular weight excluding hydrogens is 358 g/mol. The summed E-state index contributed by atoms with van der Waals surface area (Å²) in [5.74, 6) is 0.228. The van der Waals surface area contributed by atoms with Crippen LogP contribution in [-0.4, -0.2) is 22.0 Å². The molecule has 25 heavy (non-hydrogen) atoms. The lowest BCUT2D eigenvalue weighted by molar-refractivity contribution is 0.0383. The lowest BCUT2D eigenvalue weighted by Gasteiger charge is -2.09. The summed E-state index contributed by atoms with van der Waals surface area (Å²) in [6.45, 7) is 7.53. The molecule has 0 aliphatic heterocycles. The highest BCUT2D eigenvalue weighted by atomic mass is 35.5. The van der Waals surface area contributed by atoms with Gasteiger partial charge >= 0.3 is 5.97 Å². The largest absolute Gasteiger partial charge is 0.459 e. The number of thiophene rings is 1. The summed E-state index contributed by atoms with van der Waals surface area (Å²) in [6.07, 6.45) is -0.184. The second kappa shape index (κ2) is 6.98. The first kappa shape index (κ1) is 17.6. The molecule has 7 heteroatoms. The highest BCUT2D eigenvalue weighted by Crippen LogP contribution is 2.36. The number of aryl methyl sites for hydroxylation is 2. The maximum Gasteiger partial charge on any atom is 0.348 e. The van der Waals surface area contributed by atoms with Gasteiger partial charge in [-0.2, -0.15) is 4.98 Å². The summed E-state index contributed by atoms with van der Waals surface area (Å²) < 4.78 is 5.32. The van der Waals surface area contributed by atoms with Crippen LogP contribution in [0.3, 0.4) is 0 Å². The Bertz CT molecular complexity index is 953. The third-order valence-electron chi connectivity index (χ3n) is 3.57. The molecule has 0 unspecified atom stereocenters. The van der Waals surface area contributed by atoms with Gasteiger partial charge in [0.15, 0.2) is 0 Å². The Kier molecular flexibility index (Phi) is 4.92. The van der Waals surface area contributed by atoms with E-state index in [0.29, 0.717) is 15.5 Å². The fourth-order valence-electron chi connectivity index (χ4n) is 2.53. The fraction of sp³-hybridized carbons (Fsp3) is 0.278. The van der Waals surface area contributed by atoms with Crippen molar-refractivity contribution in [2.45, 2.75) is 33.8 Å². The van der Waals surface area contributed by atoms with Crippen LogP contribution in [0.5, 0.6) is 0 Å². The Hall–Kier alpha value is -2.18. The average Bonchev–Trinajstić information content (AvgIpc) is 2.83. The van der Waals surface area contributed by atoms with Crippen LogP contribution in [0.1, 0.15) is 34.6 Å². The number of nitrogens with zero attached hydrogens (tertiary/aromatic N) is 2. The Morgan fingerprint density at radius 1 is 1.28 bits per heavy atom. The molecule has 1 aromatic carbocycles. The third kappa shape index (κ3) is 3.75. The van der Waals surface area contributed by atoms with Gasteiger partial charge < -0.3 is 10.1 Å². The molecule has 0 spiro atoms. The van der Waals surface area contributed by atoms with E-state index in [-0.39, 0.29) is 17.4 Å². The summed E-state index contributed by atoms with van der Waals surface area (Å²) in [4.78, 5) is 22.1. The van der Waals surface area contributed by atoms with Gasteiger partial charge in [-0.15, -0.1) is 11.3 Å². The SMILES string of the molecule is Cc1cccc(Nc2nc(Cl)nc3sc(C(=O)OC(C)C)c(C)c23)c1. The molecule has 0 saturated carbocycles. The van der Waals surface area contributed by atoms with E-state index in [9.17, 15) is 4.79 Å². The van der Waals surface area contributed by atoms with Crippen molar-refractivity contribution in [3.05, 3.63) is 45.6 Å². The zero-order chi connectivity index (χ0) is 18.1. The maximum atomic E-state index is 12.3. The molecule has 0 saturated heterocycles. The number of carbonyl (C=O) groups excluding carboxylic acids is 1. The molecule has 0 aliphatic carbocycles. The van der Waals surface area contributed by atoms with Crippen molar-refractivity contribution in [3.63, 3.8) is 0 Å². The Balaban J connectivity index is 2.09. The van der Waals surface area contributed by atoms with Crippen molar-refractivity contribution >= 4 is 50.6 Å². The third-order valence-corrected chi connectivity index (χ3v) is 4.91. The molecule has 0 aliphatic rings. The molecular formula is C18H18ClN3O2S. The van der Waals surface area contributed by atoms with E-state index < -0.39 is 0 Å². The Morgan fingerprint density at radius 2 is 2.04 bits per heavy atom. The second-order valence-electron chi connectivity index (χ2n) is 6.03. The number of anilines is 2. The summed E-state index contributed by atoms with van der Waals surface area (Å²) in [7, 11) is 0. The number of benzene rings is 1. The fourth-order valence-corrected chi connectivity index (χ4v) is 3.81. The molecule has 2 heterocycles. The quantitative estimate of drug-likeness (QED) is 0.497. The highest BCUT2D eigenvalue weighted by Gasteiger charge is 2.22. The Morgan fingerprint density at radius 3 is 2.72 bits per heavy atom. The monoisotopic (exact) mass is 375 g/mol. The number of esters is 1. The highest BCUT2D eigenvalue weighted by molar-refractivity contribution is 7.20. The van der Waals surface area contributed by atoms with E-state index in [2.05, 4.69) is 15.3 Å². The van der Waals surface area contributed by atoms with E-state index in [0.717, 1.165) is 22.2 Å². The number of ether oxygens (including phenoxy) is 1. The van der Waals surface area contributed by atoms with Crippen molar-refractivity contribution in [3.8, 4) is 0 Å². The number of fused-ring (bicyclic) bond motifs is 1. The lowest BCUT2D eigenvalue weighted by Crippen LogP contribution is -2.11. The molecule has 5 nitrogen and oxygen atoms in total. The maximum absolute atomic E-state index is 12.3. The van der Waals surface area contributed by atoms with E-state index >= 15 is 0 Å². The van der Waals surface area contributed by atoms with Crippen LogP contribution in [0.2, 0.25) is 5.28 Å². The average molecular weight is 376 g/mol. The van der Waals surface area contributed by atoms with Crippen LogP contribution in [-0.2, 0) is 4.74 Å². The first-order valence-electron chi connectivity index (χ1n) is 7.86. The van der Waals surface area contributed by atoms with Crippen LogP contribution in [0.15, 0.2) is 24.3 Å². The van der Waals surface area contributed by atoms with E-state index in [4.69, 9.17) is 16.3 Å². The van der Waals surface area contributed by atoms with Crippen LogP contribution in [0, 0.1) is 13.8 Å². The molecule has 130 valence electrons. The summed E-state index contributed by atoms with van der Waals surface area (Å²) in [6, 6.07) is 7.94. The van der Waals surface area contributed by atoms with Crippen LogP contribution in [0.25, 0.3) is 10.2 Å². The van der Waals surface area contributed by atoms with Crippen LogP contribution >= 0.6 is 22.9 Å². The van der Waals surface area contributed by atoms with Crippen molar-refractivity contribution in [2.24, 2.45) is 0 Å². The zero-order valence-electron chi connectivity index (χ0n) is 14.4.